The molecular formula is C8H6F2N2. The Hall–Kier alpha value is -1.45. The highest BCUT2D eigenvalue weighted by molar-refractivity contribution is 5.78. The summed E-state index contributed by atoms with van der Waals surface area (Å²) in [5, 5.41) is 0. The second-order valence-corrected chi connectivity index (χ2v) is 2.44. The normalized spacial score (nSPS) is 11.2. The summed E-state index contributed by atoms with van der Waals surface area (Å²) in [6.45, 7) is 0. The minimum absolute atomic E-state index is 0.0365. The SMILES string of the molecule is FC(F)c1c[nH]c2cccnc12. The molecule has 0 spiro atoms. The van der Waals surface area contributed by atoms with E-state index in [-0.39, 0.29) is 5.56 Å². The van der Waals surface area contributed by atoms with E-state index in [9.17, 15) is 8.78 Å². The van der Waals surface area contributed by atoms with Gasteiger partial charge < -0.3 is 4.98 Å². The third-order valence-corrected chi connectivity index (χ3v) is 1.70. The topological polar surface area (TPSA) is 28.7 Å². The number of aromatic amines is 1. The molecule has 2 heterocycles. The van der Waals surface area contributed by atoms with E-state index in [4.69, 9.17) is 0 Å². The van der Waals surface area contributed by atoms with Gasteiger partial charge >= 0.3 is 0 Å². The molecule has 0 saturated heterocycles. The summed E-state index contributed by atoms with van der Waals surface area (Å²) in [5.41, 5.74) is 0.964. The molecule has 4 heteroatoms. The molecule has 62 valence electrons. The Morgan fingerprint density at radius 2 is 2.25 bits per heavy atom. The number of aromatic nitrogens is 2. The molecule has 2 rings (SSSR count). The number of H-pyrrole nitrogens is 1. The zero-order valence-corrected chi connectivity index (χ0v) is 6.09. The molecule has 2 aromatic rings. The average molecular weight is 168 g/mol. The third kappa shape index (κ3) is 0.958. The molecule has 0 saturated carbocycles. The molecular weight excluding hydrogens is 162 g/mol. The van der Waals surface area contributed by atoms with Crippen LogP contribution in [0, 0.1) is 0 Å². The number of nitrogens with one attached hydrogen (secondary N) is 1. The van der Waals surface area contributed by atoms with E-state index in [0.717, 1.165) is 0 Å². The van der Waals surface area contributed by atoms with Crippen LogP contribution >= 0.6 is 0 Å². The zero-order valence-electron chi connectivity index (χ0n) is 6.09. The van der Waals surface area contributed by atoms with Crippen molar-refractivity contribution in [3.63, 3.8) is 0 Å². The lowest BCUT2D eigenvalue weighted by Gasteiger charge is -1.93. The van der Waals surface area contributed by atoms with E-state index >= 15 is 0 Å². The van der Waals surface area contributed by atoms with Crippen LogP contribution in [0.15, 0.2) is 24.5 Å². The monoisotopic (exact) mass is 168 g/mol. The summed E-state index contributed by atoms with van der Waals surface area (Å²) >= 11 is 0. The molecule has 12 heavy (non-hydrogen) atoms. The van der Waals surface area contributed by atoms with Crippen molar-refractivity contribution in [2.24, 2.45) is 0 Å². The standard InChI is InChI=1S/C8H6F2N2/c9-8(10)5-4-12-6-2-1-3-11-7(5)6/h1-4,8,12H. The van der Waals surface area contributed by atoms with E-state index in [1.807, 2.05) is 0 Å². The molecule has 0 aliphatic rings. The number of nitrogens with zero attached hydrogens (tertiary/aromatic N) is 1. The van der Waals surface area contributed by atoms with Crippen molar-refractivity contribution in [1.29, 1.82) is 0 Å². The maximum Gasteiger partial charge on any atom is 0.267 e. The van der Waals surface area contributed by atoms with Crippen molar-refractivity contribution in [1.82, 2.24) is 9.97 Å². The number of alkyl halides is 2. The van der Waals surface area contributed by atoms with Crippen molar-refractivity contribution in [2.45, 2.75) is 6.43 Å². The first kappa shape index (κ1) is 7.21. The Kier molecular flexibility index (Phi) is 1.53. The summed E-state index contributed by atoms with van der Waals surface area (Å²) < 4.78 is 24.5. The van der Waals surface area contributed by atoms with Crippen LogP contribution in [-0.2, 0) is 0 Å². The first-order valence-corrected chi connectivity index (χ1v) is 3.49. The molecule has 0 unspecified atom stereocenters. The minimum atomic E-state index is -2.46. The fourth-order valence-electron chi connectivity index (χ4n) is 1.14. The minimum Gasteiger partial charge on any atom is -0.359 e. The lowest BCUT2D eigenvalue weighted by atomic mass is 10.3. The fraction of sp³-hybridized carbons (Fsp3) is 0.125. The Balaban J connectivity index is 2.70. The number of rotatable bonds is 1. The van der Waals surface area contributed by atoms with Crippen LogP contribution in [-0.4, -0.2) is 9.97 Å². The van der Waals surface area contributed by atoms with E-state index in [2.05, 4.69) is 9.97 Å². The highest BCUT2D eigenvalue weighted by atomic mass is 19.3. The van der Waals surface area contributed by atoms with Crippen LogP contribution in [0.3, 0.4) is 0 Å². The van der Waals surface area contributed by atoms with Crippen LogP contribution in [0.1, 0.15) is 12.0 Å². The van der Waals surface area contributed by atoms with Crippen molar-refractivity contribution >= 4 is 11.0 Å². The molecule has 0 bridgehead atoms. The molecule has 0 aliphatic heterocycles. The second-order valence-electron chi connectivity index (χ2n) is 2.44. The molecule has 2 nitrogen and oxygen atoms in total. The first-order valence-electron chi connectivity index (χ1n) is 3.49. The van der Waals surface area contributed by atoms with Crippen molar-refractivity contribution < 1.29 is 8.78 Å². The molecule has 0 atom stereocenters. The van der Waals surface area contributed by atoms with Gasteiger partial charge in [0.05, 0.1) is 16.6 Å². The highest BCUT2D eigenvalue weighted by Gasteiger charge is 2.13. The summed E-state index contributed by atoms with van der Waals surface area (Å²) in [7, 11) is 0. The van der Waals surface area contributed by atoms with Crippen LogP contribution in [0.4, 0.5) is 8.78 Å². The Bertz CT molecular complexity index is 395. The molecule has 2 aromatic heterocycles. The van der Waals surface area contributed by atoms with Gasteiger partial charge in [-0.2, -0.15) is 0 Å². The first-order chi connectivity index (χ1) is 5.79. The number of pyridine rings is 1. The maximum atomic E-state index is 12.3. The number of halogens is 2. The van der Waals surface area contributed by atoms with Crippen LogP contribution in [0.5, 0.6) is 0 Å². The molecule has 0 aliphatic carbocycles. The van der Waals surface area contributed by atoms with Crippen LogP contribution < -0.4 is 0 Å². The van der Waals surface area contributed by atoms with Gasteiger partial charge in [0.15, 0.2) is 0 Å². The van der Waals surface area contributed by atoms with Crippen molar-refractivity contribution in [2.75, 3.05) is 0 Å². The maximum absolute atomic E-state index is 12.3. The van der Waals surface area contributed by atoms with Crippen LogP contribution in [0.2, 0.25) is 0 Å². The Labute approximate surface area is 67.2 Å². The lowest BCUT2D eigenvalue weighted by Crippen LogP contribution is -1.81. The van der Waals surface area contributed by atoms with Gasteiger partial charge in [-0.25, -0.2) is 8.78 Å². The van der Waals surface area contributed by atoms with Crippen LogP contribution in [0.25, 0.3) is 11.0 Å². The van der Waals surface area contributed by atoms with Gasteiger partial charge in [0, 0.05) is 12.4 Å². The predicted octanol–water partition coefficient (Wildman–Crippen LogP) is 2.50. The summed E-state index contributed by atoms with van der Waals surface area (Å²) in [4.78, 5) is 6.58. The van der Waals surface area contributed by atoms with Gasteiger partial charge in [-0.05, 0) is 12.1 Å². The second kappa shape index (κ2) is 2.55. The third-order valence-electron chi connectivity index (χ3n) is 1.70. The summed E-state index contributed by atoms with van der Waals surface area (Å²) in [6.07, 6.45) is 0.332. The van der Waals surface area contributed by atoms with Gasteiger partial charge in [-0.3, -0.25) is 4.98 Å². The van der Waals surface area contributed by atoms with E-state index in [1.165, 1.54) is 12.4 Å². The summed E-state index contributed by atoms with van der Waals surface area (Å²) in [6, 6.07) is 3.42. The molecule has 0 radical (unpaired) electrons. The lowest BCUT2D eigenvalue weighted by molar-refractivity contribution is 0.153. The predicted molar refractivity (Wildman–Crippen MR) is 41.1 cm³/mol. The van der Waals surface area contributed by atoms with E-state index < -0.39 is 6.43 Å². The van der Waals surface area contributed by atoms with Gasteiger partial charge in [0.25, 0.3) is 6.43 Å². The van der Waals surface area contributed by atoms with E-state index in [0.29, 0.717) is 11.0 Å². The fourth-order valence-corrected chi connectivity index (χ4v) is 1.14. The molecule has 0 fully saturated rings. The summed E-state index contributed by atoms with van der Waals surface area (Å²) in [5.74, 6) is 0. The molecule has 0 amide bonds. The Morgan fingerprint density at radius 1 is 1.42 bits per heavy atom. The number of hydrogen-bond acceptors (Lipinski definition) is 1. The van der Waals surface area contributed by atoms with E-state index in [1.54, 1.807) is 12.1 Å². The molecule has 1 N–H and O–H groups in total. The van der Waals surface area contributed by atoms with Gasteiger partial charge in [0.1, 0.15) is 0 Å². The average Bonchev–Trinajstić information content (AvgIpc) is 2.47. The number of fused-ring (bicyclic) bond motifs is 1. The zero-order chi connectivity index (χ0) is 8.55. The van der Waals surface area contributed by atoms with Gasteiger partial charge in [-0.1, -0.05) is 0 Å². The van der Waals surface area contributed by atoms with Gasteiger partial charge in [-0.15, -0.1) is 0 Å². The van der Waals surface area contributed by atoms with Gasteiger partial charge in [0.2, 0.25) is 0 Å². The Morgan fingerprint density at radius 3 is 3.00 bits per heavy atom. The van der Waals surface area contributed by atoms with Crippen molar-refractivity contribution in [3.05, 3.63) is 30.1 Å². The quantitative estimate of drug-likeness (QED) is 0.696. The largest absolute Gasteiger partial charge is 0.359 e. The smallest absolute Gasteiger partial charge is 0.267 e. The number of hydrogen-bond donors (Lipinski definition) is 1. The molecule has 0 aromatic carbocycles. The van der Waals surface area contributed by atoms with Crippen molar-refractivity contribution in [3.8, 4) is 0 Å². The highest BCUT2D eigenvalue weighted by Crippen LogP contribution is 2.25.